The van der Waals surface area contributed by atoms with Crippen LogP contribution in [0.4, 0.5) is 0 Å². The molecule has 0 spiro atoms. The van der Waals surface area contributed by atoms with Crippen molar-refractivity contribution in [3.63, 3.8) is 0 Å². The van der Waals surface area contributed by atoms with E-state index in [4.69, 9.17) is 4.74 Å². The van der Waals surface area contributed by atoms with E-state index in [9.17, 15) is 4.79 Å². The van der Waals surface area contributed by atoms with Crippen molar-refractivity contribution in [1.29, 1.82) is 0 Å². The number of aryl methyl sites for hydroxylation is 2. The van der Waals surface area contributed by atoms with Gasteiger partial charge >= 0.3 is 5.97 Å². The topological polar surface area (TPSA) is 52.1 Å². The van der Waals surface area contributed by atoms with E-state index in [0.717, 1.165) is 21.7 Å². The third-order valence-electron chi connectivity index (χ3n) is 3.16. The standard InChI is InChI=1S/C14H18N2O2S2/c1-5-8(2)18-11(17)6-19-13-12-9(3)10(4)20-14(12)16-7-15-13/h7-8H,5-6H2,1-4H3/t8-/m0/s1. The van der Waals surface area contributed by atoms with Crippen molar-refractivity contribution in [2.45, 2.75) is 45.2 Å². The number of esters is 1. The number of nitrogens with zero attached hydrogens (tertiary/aromatic N) is 2. The van der Waals surface area contributed by atoms with E-state index in [-0.39, 0.29) is 17.8 Å². The Kier molecular flexibility index (Phi) is 4.99. The second kappa shape index (κ2) is 6.54. The van der Waals surface area contributed by atoms with E-state index >= 15 is 0 Å². The number of fused-ring (bicyclic) bond motifs is 1. The first-order valence-corrected chi connectivity index (χ1v) is 8.36. The predicted molar refractivity (Wildman–Crippen MR) is 83.5 cm³/mol. The Bertz CT molecular complexity index is 625. The van der Waals surface area contributed by atoms with Crippen LogP contribution in [0.1, 0.15) is 30.7 Å². The zero-order chi connectivity index (χ0) is 14.7. The molecule has 0 aromatic carbocycles. The molecule has 0 radical (unpaired) electrons. The molecule has 2 rings (SSSR count). The molecule has 2 aromatic rings. The summed E-state index contributed by atoms with van der Waals surface area (Å²) in [6.45, 7) is 8.04. The number of thiophene rings is 1. The van der Waals surface area contributed by atoms with Crippen LogP contribution in [0.2, 0.25) is 0 Å². The number of rotatable bonds is 5. The number of hydrogen-bond acceptors (Lipinski definition) is 6. The summed E-state index contributed by atoms with van der Waals surface area (Å²) in [6, 6.07) is 0. The molecule has 0 fully saturated rings. The molecule has 0 aliphatic rings. The van der Waals surface area contributed by atoms with Gasteiger partial charge in [-0.25, -0.2) is 9.97 Å². The summed E-state index contributed by atoms with van der Waals surface area (Å²) in [5, 5.41) is 1.93. The van der Waals surface area contributed by atoms with Crippen LogP contribution in [0.3, 0.4) is 0 Å². The van der Waals surface area contributed by atoms with Gasteiger partial charge in [-0.2, -0.15) is 0 Å². The van der Waals surface area contributed by atoms with Gasteiger partial charge in [-0.15, -0.1) is 11.3 Å². The van der Waals surface area contributed by atoms with Crippen molar-refractivity contribution in [2.24, 2.45) is 0 Å². The molecule has 0 saturated heterocycles. The van der Waals surface area contributed by atoms with Crippen molar-refractivity contribution < 1.29 is 9.53 Å². The van der Waals surface area contributed by atoms with Gasteiger partial charge in [0.15, 0.2) is 0 Å². The number of thioether (sulfide) groups is 1. The van der Waals surface area contributed by atoms with Gasteiger partial charge in [-0.3, -0.25) is 4.79 Å². The summed E-state index contributed by atoms with van der Waals surface area (Å²) in [7, 11) is 0. The van der Waals surface area contributed by atoms with Gasteiger partial charge in [0.05, 0.1) is 11.9 Å². The maximum Gasteiger partial charge on any atom is 0.316 e. The zero-order valence-corrected chi connectivity index (χ0v) is 13.7. The molecular formula is C14H18N2O2S2. The number of aromatic nitrogens is 2. The molecule has 0 aliphatic carbocycles. The van der Waals surface area contributed by atoms with Crippen molar-refractivity contribution in [2.75, 3.05) is 5.75 Å². The number of carbonyl (C=O) groups is 1. The van der Waals surface area contributed by atoms with Gasteiger partial charge in [0, 0.05) is 10.3 Å². The zero-order valence-electron chi connectivity index (χ0n) is 12.1. The molecule has 0 unspecified atom stereocenters. The smallest absolute Gasteiger partial charge is 0.316 e. The minimum Gasteiger partial charge on any atom is -0.462 e. The lowest BCUT2D eigenvalue weighted by Crippen LogP contribution is -2.15. The minimum atomic E-state index is -0.194. The molecule has 0 aliphatic heterocycles. The summed E-state index contributed by atoms with van der Waals surface area (Å²) >= 11 is 3.08. The van der Waals surface area contributed by atoms with Crippen molar-refractivity contribution in [3.8, 4) is 0 Å². The molecule has 0 amide bonds. The first-order valence-electron chi connectivity index (χ1n) is 6.55. The Morgan fingerprint density at radius 2 is 2.20 bits per heavy atom. The monoisotopic (exact) mass is 310 g/mol. The van der Waals surface area contributed by atoms with E-state index < -0.39 is 0 Å². The van der Waals surface area contributed by atoms with Crippen molar-refractivity contribution >= 4 is 39.3 Å². The molecule has 108 valence electrons. The average molecular weight is 310 g/mol. The highest BCUT2D eigenvalue weighted by Crippen LogP contribution is 2.34. The van der Waals surface area contributed by atoms with E-state index in [2.05, 4.69) is 23.8 Å². The van der Waals surface area contributed by atoms with Gasteiger partial charge in [0.25, 0.3) is 0 Å². The second-order valence-electron chi connectivity index (χ2n) is 4.64. The van der Waals surface area contributed by atoms with Crippen LogP contribution in [-0.2, 0) is 9.53 Å². The fraction of sp³-hybridized carbons (Fsp3) is 0.500. The van der Waals surface area contributed by atoms with Crippen LogP contribution in [0.15, 0.2) is 11.4 Å². The normalized spacial score (nSPS) is 12.6. The van der Waals surface area contributed by atoms with Crippen LogP contribution < -0.4 is 0 Å². The van der Waals surface area contributed by atoms with Crippen LogP contribution in [-0.4, -0.2) is 27.8 Å². The third-order valence-corrected chi connectivity index (χ3v) is 5.24. The van der Waals surface area contributed by atoms with E-state index in [1.165, 1.54) is 22.2 Å². The van der Waals surface area contributed by atoms with E-state index in [1.807, 2.05) is 13.8 Å². The quantitative estimate of drug-likeness (QED) is 0.478. The molecule has 0 saturated carbocycles. The summed E-state index contributed by atoms with van der Waals surface area (Å²) < 4.78 is 5.27. The molecule has 2 aromatic heterocycles. The molecular weight excluding hydrogens is 292 g/mol. The number of carbonyl (C=O) groups excluding carboxylic acids is 1. The summed E-state index contributed by atoms with van der Waals surface area (Å²) in [4.78, 5) is 22.5. The lowest BCUT2D eigenvalue weighted by molar-refractivity contribution is -0.144. The molecule has 0 bridgehead atoms. The molecule has 20 heavy (non-hydrogen) atoms. The average Bonchev–Trinajstić information content (AvgIpc) is 2.72. The highest BCUT2D eigenvalue weighted by molar-refractivity contribution is 8.00. The maximum absolute atomic E-state index is 11.7. The maximum atomic E-state index is 11.7. The Morgan fingerprint density at radius 3 is 2.90 bits per heavy atom. The van der Waals surface area contributed by atoms with Gasteiger partial charge in [0.2, 0.25) is 0 Å². The molecule has 0 N–H and O–H groups in total. The molecule has 2 heterocycles. The highest BCUT2D eigenvalue weighted by atomic mass is 32.2. The fourth-order valence-electron chi connectivity index (χ4n) is 1.73. The molecule has 1 atom stereocenters. The third kappa shape index (κ3) is 3.30. The minimum absolute atomic E-state index is 0.0290. The van der Waals surface area contributed by atoms with Gasteiger partial charge in [0.1, 0.15) is 16.2 Å². The second-order valence-corrected chi connectivity index (χ2v) is 6.81. The Labute approximate surface area is 127 Å². The summed E-state index contributed by atoms with van der Waals surface area (Å²) in [5.74, 6) is 0.0887. The van der Waals surface area contributed by atoms with Gasteiger partial charge < -0.3 is 4.74 Å². The SMILES string of the molecule is CC[C@H](C)OC(=O)CSc1ncnc2sc(C)c(C)c12. The van der Waals surface area contributed by atoms with Crippen molar-refractivity contribution in [3.05, 3.63) is 16.8 Å². The lowest BCUT2D eigenvalue weighted by atomic mass is 10.2. The first kappa shape index (κ1) is 15.3. The molecule has 4 nitrogen and oxygen atoms in total. The molecule has 6 heteroatoms. The Balaban J connectivity index is 2.12. The van der Waals surface area contributed by atoms with Crippen LogP contribution in [0.5, 0.6) is 0 Å². The Hall–Kier alpha value is -1.14. The first-order chi connectivity index (χ1) is 9.52. The summed E-state index contributed by atoms with van der Waals surface area (Å²) in [6.07, 6.45) is 2.36. The van der Waals surface area contributed by atoms with Gasteiger partial charge in [-0.05, 0) is 32.8 Å². The van der Waals surface area contributed by atoms with E-state index in [1.54, 1.807) is 17.7 Å². The number of hydrogen-bond donors (Lipinski definition) is 0. The largest absolute Gasteiger partial charge is 0.462 e. The lowest BCUT2D eigenvalue weighted by Gasteiger charge is -2.10. The van der Waals surface area contributed by atoms with Gasteiger partial charge in [-0.1, -0.05) is 18.7 Å². The van der Waals surface area contributed by atoms with Crippen LogP contribution in [0, 0.1) is 13.8 Å². The Morgan fingerprint density at radius 1 is 1.45 bits per heavy atom. The number of ether oxygens (including phenoxy) is 1. The van der Waals surface area contributed by atoms with Crippen molar-refractivity contribution in [1.82, 2.24) is 9.97 Å². The van der Waals surface area contributed by atoms with E-state index in [0.29, 0.717) is 0 Å². The summed E-state index contributed by atoms with van der Waals surface area (Å²) in [5.41, 5.74) is 1.20. The van der Waals surface area contributed by atoms with Crippen LogP contribution in [0.25, 0.3) is 10.2 Å². The van der Waals surface area contributed by atoms with Crippen LogP contribution >= 0.6 is 23.1 Å². The predicted octanol–water partition coefficient (Wildman–Crippen LogP) is 3.74. The fourth-order valence-corrected chi connectivity index (χ4v) is 3.63. The highest BCUT2D eigenvalue weighted by Gasteiger charge is 2.14.